The van der Waals surface area contributed by atoms with Gasteiger partial charge in [0.05, 0.1) is 0 Å². The number of halogens is 1. The number of fused-ring (bicyclic) bond motifs is 1. The molecule has 0 aliphatic carbocycles. The highest BCUT2D eigenvalue weighted by Gasteiger charge is 2.04. The Hall–Kier alpha value is -1.42. The first kappa shape index (κ1) is 8.19. The molecule has 2 aromatic heterocycles. The van der Waals surface area contributed by atoms with Gasteiger partial charge in [0.2, 0.25) is 0 Å². The van der Waals surface area contributed by atoms with E-state index < -0.39 is 0 Å². The third-order valence-corrected chi connectivity index (χ3v) is 1.90. The average molecular weight is 195 g/mol. The van der Waals surface area contributed by atoms with Gasteiger partial charge in [-0.25, -0.2) is 15.0 Å². The van der Waals surface area contributed by atoms with Crippen molar-refractivity contribution >= 4 is 28.6 Å². The first-order valence-corrected chi connectivity index (χ1v) is 4.15. The molecule has 4 nitrogen and oxygen atoms in total. The molecule has 0 saturated heterocycles. The quantitative estimate of drug-likeness (QED) is 0.751. The van der Waals surface area contributed by atoms with E-state index in [4.69, 9.17) is 11.6 Å². The molecule has 2 rings (SSSR count). The van der Waals surface area contributed by atoms with Crippen molar-refractivity contribution in [3.63, 3.8) is 0 Å². The zero-order valence-corrected chi connectivity index (χ0v) is 7.71. The van der Waals surface area contributed by atoms with E-state index in [1.54, 1.807) is 19.3 Å². The maximum absolute atomic E-state index is 5.84. The minimum atomic E-state index is 0.364. The van der Waals surface area contributed by atoms with E-state index in [1.165, 1.54) is 0 Å². The third kappa shape index (κ3) is 1.40. The summed E-state index contributed by atoms with van der Waals surface area (Å²) in [7, 11) is 1.74. The Kier molecular flexibility index (Phi) is 1.98. The number of hydrogen-bond acceptors (Lipinski definition) is 4. The minimum absolute atomic E-state index is 0.364. The van der Waals surface area contributed by atoms with Crippen LogP contribution in [0.1, 0.15) is 0 Å². The SMILES string of the molecule is CNc1nc2ncccc2nc1Cl. The van der Waals surface area contributed by atoms with Gasteiger partial charge in [-0.05, 0) is 12.1 Å². The number of nitrogens with one attached hydrogen (secondary N) is 1. The fourth-order valence-electron chi connectivity index (χ4n) is 1.03. The molecule has 0 spiro atoms. The number of aromatic nitrogens is 3. The highest BCUT2D eigenvalue weighted by atomic mass is 35.5. The summed E-state index contributed by atoms with van der Waals surface area (Å²) < 4.78 is 0. The molecule has 2 aromatic rings. The lowest BCUT2D eigenvalue weighted by Crippen LogP contribution is -1.97. The molecule has 0 aliphatic heterocycles. The topological polar surface area (TPSA) is 50.7 Å². The van der Waals surface area contributed by atoms with E-state index in [9.17, 15) is 0 Å². The number of anilines is 1. The molecule has 66 valence electrons. The zero-order valence-electron chi connectivity index (χ0n) is 6.95. The summed E-state index contributed by atoms with van der Waals surface area (Å²) in [5, 5.41) is 3.21. The zero-order chi connectivity index (χ0) is 9.26. The highest BCUT2D eigenvalue weighted by molar-refractivity contribution is 6.32. The van der Waals surface area contributed by atoms with Crippen LogP contribution in [0.5, 0.6) is 0 Å². The Balaban J connectivity index is 2.74. The van der Waals surface area contributed by atoms with Crippen LogP contribution in [0.4, 0.5) is 5.82 Å². The van der Waals surface area contributed by atoms with Crippen LogP contribution in [-0.4, -0.2) is 22.0 Å². The van der Waals surface area contributed by atoms with E-state index in [0.717, 1.165) is 0 Å². The predicted molar refractivity (Wildman–Crippen MR) is 51.9 cm³/mol. The molecule has 0 fully saturated rings. The van der Waals surface area contributed by atoms with Crippen LogP contribution >= 0.6 is 11.6 Å². The number of hydrogen-bond donors (Lipinski definition) is 1. The van der Waals surface area contributed by atoms with Gasteiger partial charge in [-0.15, -0.1) is 0 Å². The van der Waals surface area contributed by atoms with E-state index in [-0.39, 0.29) is 0 Å². The van der Waals surface area contributed by atoms with Crippen LogP contribution in [0.2, 0.25) is 5.15 Å². The van der Waals surface area contributed by atoms with Crippen molar-refractivity contribution in [3.05, 3.63) is 23.5 Å². The molecule has 0 aromatic carbocycles. The first-order valence-electron chi connectivity index (χ1n) is 3.77. The van der Waals surface area contributed by atoms with Crippen LogP contribution in [0, 0.1) is 0 Å². The fourth-order valence-corrected chi connectivity index (χ4v) is 1.26. The van der Waals surface area contributed by atoms with Crippen LogP contribution in [-0.2, 0) is 0 Å². The summed E-state index contributed by atoms with van der Waals surface area (Å²) >= 11 is 5.84. The van der Waals surface area contributed by atoms with Gasteiger partial charge >= 0.3 is 0 Å². The van der Waals surface area contributed by atoms with Crippen LogP contribution < -0.4 is 5.32 Å². The van der Waals surface area contributed by atoms with Gasteiger partial charge in [0.1, 0.15) is 5.52 Å². The van der Waals surface area contributed by atoms with Gasteiger partial charge in [0.15, 0.2) is 16.6 Å². The van der Waals surface area contributed by atoms with Crippen molar-refractivity contribution in [2.45, 2.75) is 0 Å². The molecule has 13 heavy (non-hydrogen) atoms. The second kappa shape index (κ2) is 3.14. The molecule has 0 aliphatic rings. The van der Waals surface area contributed by atoms with E-state index >= 15 is 0 Å². The summed E-state index contributed by atoms with van der Waals surface area (Å²) in [4.78, 5) is 12.4. The van der Waals surface area contributed by atoms with Crippen LogP contribution in [0.25, 0.3) is 11.2 Å². The standard InChI is InChI=1S/C8H7ClN4/c1-10-8-6(9)12-5-3-2-4-11-7(5)13-8/h2-4H,1H3,(H,10,11,13). The second-order valence-electron chi connectivity index (χ2n) is 2.46. The van der Waals surface area contributed by atoms with Gasteiger partial charge in [-0.2, -0.15) is 0 Å². The molecule has 0 saturated carbocycles. The summed E-state index contributed by atoms with van der Waals surface area (Å²) in [5.41, 5.74) is 1.29. The minimum Gasteiger partial charge on any atom is -0.371 e. The lowest BCUT2D eigenvalue weighted by molar-refractivity contribution is 1.21. The molecule has 1 N–H and O–H groups in total. The van der Waals surface area contributed by atoms with Crippen LogP contribution in [0.3, 0.4) is 0 Å². The van der Waals surface area contributed by atoms with Crippen molar-refractivity contribution in [2.24, 2.45) is 0 Å². The van der Waals surface area contributed by atoms with Gasteiger partial charge in [-0.1, -0.05) is 11.6 Å². The normalized spacial score (nSPS) is 10.3. The molecule has 5 heteroatoms. The largest absolute Gasteiger partial charge is 0.371 e. The fraction of sp³-hybridized carbons (Fsp3) is 0.125. The van der Waals surface area contributed by atoms with Gasteiger partial charge in [-0.3, -0.25) is 0 Å². The highest BCUT2D eigenvalue weighted by Crippen LogP contribution is 2.18. The molecular weight excluding hydrogens is 188 g/mol. The lowest BCUT2D eigenvalue weighted by atomic mass is 10.4. The molecular formula is C8H7ClN4. The predicted octanol–water partition coefficient (Wildman–Crippen LogP) is 1.72. The Morgan fingerprint density at radius 3 is 3.00 bits per heavy atom. The number of rotatable bonds is 1. The van der Waals surface area contributed by atoms with Gasteiger partial charge < -0.3 is 5.32 Å². The lowest BCUT2D eigenvalue weighted by Gasteiger charge is -2.02. The Morgan fingerprint density at radius 1 is 1.38 bits per heavy atom. The maximum Gasteiger partial charge on any atom is 0.180 e. The van der Waals surface area contributed by atoms with Crippen molar-refractivity contribution in [2.75, 3.05) is 12.4 Å². The first-order chi connectivity index (χ1) is 6.31. The van der Waals surface area contributed by atoms with Crippen molar-refractivity contribution < 1.29 is 0 Å². The van der Waals surface area contributed by atoms with Gasteiger partial charge in [0.25, 0.3) is 0 Å². The van der Waals surface area contributed by atoms with Gasteiger partial charge in [0, 0.05) is 13.2 Å². The van der Waals surface area contributed by atoms with E-state index in [0.29, 0.717) is 22.1 Å². The monoisotopic (exact) mass is 194 g/mol. The number of pyridine rings is 1. The maximum atomic E-state index is 5.84. The van der Waals surface area contributed by atoms with Crippen molar-refractivity contribution in [1.29, 1.82) is 0 Å². The average Bonchev–Trinajstić information content (AvgIpc) is 2.17. The summed E-state index contributed by atoms with van der Waals surface area (Å²) in [5.74, 6) is 0.549. The summed E-state index contributed by atoms with van der Waals surface area (Å²) in [6, 6.07) is 3.62. The van der Waals surface area contributed by atoms with Crippen molar-refractivity contribution in [1.82, 2.24) is 15.0 Å². The summed E-state index contributed by atoms with van der Waals surface area (Å²) in [6.45, 7) is 0. The second-order valence-corrected chi connectivity index (χ2v) is 2.82. The van der Waals surface area contributed by atoms with E-state index in [2.05, 4.69) is 20.3 Å². The third-order valence-electron chi connectivity index (χ3n) is 1.63. The molecule has 0 bridgehead atoms. The number of nitrogens with zero attached hydrogens (tertiary/aromatic N) is 3. The Labute approximate surface area is 80.0 Å². The molecule has 2 heterocycles. The molecule has 0 radical (unpaired) electrons. The Bertz CT molecular complexity index is 443. The van der Waals surface area contributed by atoms with E-state index in [1.807, 2.05) is 6.07 Å². The smallest absolute Gasteiger partial charge is 0.180 e. The molecule has 0 unspecified atom stereocenters. The summed E-state index contributed by atoms with van der Waals surface area (Å²) in [6.07, 6.45) is 1.67. The molecule has 0 amide bonds. The van der Waals surface area contributed by atoms with Crippen LogP contribution in [0.15, 0.2) is 18.3 Å². The Morgan fingerprint density at radius 2 is 2.23 bits per heavy atom. The van der Waals surface area contributed by atoms with Crippen molar-refractivity contribution in [3.8, 4) is 0 Å². The molecule has 0 atom stereocenters.